The highest BCUT2D eigenvalue weighted by Gasteiger charge is 2.06. The van der Waals surface area contributed by atoms with Gasteiger partial charge in [-0.1, -0.05) is 11.6 Å². The molecule has 0 radical (unpaired) electrons. The topological polar surface area (TPSA) is 39.2 Å². The molecule has 2 rings (SSSR count). The Morgan fingerprint density at radius 3 is 2.63 bits per heavy atom. The summed E-state index contributed by atoms with van der Waals surface area (Å²) in [6, 6.07) is 8.97. The number of hydrogen-bond acceptors (Lipinski definition) is 3. The molecule has 0 N–H and O–H groups in total. The van der Waals surface area contributed by atoms with Crippen molar-refractivity contribution in [2.45, 2.75) is 13.3 Å². The Morgan fingerprint density at radius 1 is 1.26 bits per heavy atom. The van der Waals surface area contributed by atoms with Crippen molar-refractivity contribution in [2.24, 2.45) is 0 Å². The fourth-order valence-corrected chi connectivity index (χ4v) is 1.90. The minimum atomic E-state index is -0.00904. The van der Waals surface area contributed by atoms with Crippen LogP contribution in [0.25, 0.3) is 0 Å². The van der Waals surface area contributed by atoms with E-state index in [0.29, 0.717) is 22.9 Å². The molecule has 0 atom stereocenters. The van der Waals surface area contributed by atoms with Gasteiger partial charge in [0.1, 0.15) is 5.75 Å². The summed E-state index contributed by atoms with van der Waals surface area (Å²) in [5.74, 6) is 0.589. The average Bonchev–Trinajstić information content (AvgIpc) is 2.41. The lowest BCUT2D eigenvalue weighted by Crippen LogP contribution is -2.02. The largest absolute Gasteiger partial charge is 0.492 e. The summed E-state index contributed by atoms with van der Waals surface area (Å²) >= 11 is 6.07. The highest BCUT2D eigenvalue weighted by Crippen LogP contribution is 2.25. The molecule has 19 heavy (non-hydrogen) atoms. The Kier molecular flexibility index (Phi) is 4.53. The lowest BCUT2D eigenvalue weighted by Gasteiger charge is -2.08. The highest BCUT2D eigenvalue weighted by molar-refractivity contribution is 6.32. The number of benzene rings is 1. The van der Waals surface area contributed by atoms with Crippen molar-refractivity contribution in [3.63, 3.8) is 0 Å². The lowest BCUT2D eigenvalue weighted by molar-refractivity contribution is 0.101. The molecular formula is C15H14ClNO2. The van der Waals surface area contributed by atoms with Gasteiger partial charge in [-0.25, -0.2) is 0 Å². The molecule has 0 bridgehead atoms. The number of carbonyl (C=O) groups is 1. The van der Waals surface area contributed by atoms with Crippen molar-refractivity contribution < 1.29 is 9.53 Å². The Balaban J connectivity index is 1.95. The van der Waals surface area contributed by atoms with E-state index in [-0.39, 0.29) is 5.78 Å². The summed E-state index contributed by atoms with van der Waals surface area (Å²) < 4.78 is 5.61. The van der Waals surface area contributed by atoms with Gasteiger partial charge >= 0.3 is 0 Å². The number of rotatable bonds is 5. The molecule has 1 aromatic heterocycles. The van der Waals surface area contributed by atoms with Crippen molar-refractivity contribution in [3.05, 3.63) is 58.9 Å². The lowest BCUT2D eigenvalue weighted by atomic mass is 10.1. The monoisotopic (exact) mass is 275 g/mol. The zero-order valence-electron chi connectivity index (χ0n) is 10.6. The molecular weight excluding hydrogens is 262 g/mol. The second-order valence-electron chi connectivity index (χ2n) is 4.16. The third-order valence-electron chi connectivity index (χ3n) is 2.74. The van der Waals surface area contributed by atoms with Crippen LogP contribution in [0, 0.1) is 0 Å². The van der Waals surface area contributed by atoms with Crippen LogP contribution in [0.5, 0.6) is 5.75 Å². The van der Waals surface area contributed by atoms with Crippen molar-refractivity contribution in [1.29, 1.82) is 0 Å². The molecule has 3 nitrogen and oxygen atoms in total. The summed E-state index contributed by atoms with van der Waals surface area (Å²) in [6.07, 6.45) is 4.29. The zero-order chi connectivity index (χ0) is 13.7. The molecule has 0 unspecified atom stereocenters. The van der Waals surface area contributed by atoms with Gasteiger partial charge in [-0.05, 0) is 42.8 Å². The number of pyridine rings is 1. The second-order valence-corrected chi connectivity index (χ2v) is 4.56. The predicted octanol–water partition coefficient (Wildman–Crippen LogP) is 3.56. The molecule has 0 fully saturated rings. The van der Waals surface area contributed by atoms with Gasteiger partial charge in [0, 0.05) is 24.4 Å². The molecule has 0 saturated heterocycles. The maximum absolute atomic E-state index is 11.2. The molecule has 0 aliphatic heterocycles. The normalized spacial score (nSPS) is 10.2. The van der Waals surface area contributed by atoms with Gasteiger partial charge in [-0.3, -0.25) is 9.78 Å². The summed E-state index contributed by atoms with van der Waals surface area (Å²) in [5, 5.41) is 0.461. The predicted molar refractivity (Wildman–Crippen MR) is 74.9 cm³/mol. The molecule has 2 aromatic rings. The Hall–Kier alpha value is -1.87. The zero-order valence-corrected chi connectivity index (χ0v) is 11.4. The highest BCUT2D eigenvalue weighted by atomic mass is 35.5. The molecule has 4 heteroatoms. The van der Waals surface area contributed by atoms with Gasteiger partial charge in [-0.15, -0.1) is 0 Å². The number of carbonyl (C=O) groups excluding carboxylic acids is 1. The van der Waals surface area contributed by atoms with Crippen LogP contribution in [-0.2, 0) is 6.42 Å². The Labute approximate surface area is 117 Å². The molecule has 0 saturated carbocycles. The van der Waals surface area contributed by atoms with Crippen LogP contribution in [0.4, 0.5) is 0 Å². The van der Waals surface area contributed by atoms with E-state index in [2.05, 4.69) is 4.98 Å². The average molecular weight is 276 g/mol. The number of aromatic nitrogens is 1. The summed E-state index contributed by atoms with van der Waals surface area (Å²) in [6.45, 7) is 2.04. The van der Waals surface area contributed by atoms with Crippen LogP contribution < -0.4 is 4.74 Å². The van der Waals surface area contributed by atoms with E-state index in [1.807, 2.05) is 12.1 Å². The minimum Gasteiger partial charge on any atom is -0.492 e. The van der Waals surface area contributed by atoms with Gasteiger partial charge in [0.25, 0.3) is 0 Å². The van der Waals surface area contributed by atoms with Gasteiger partial charge in [0.15, 0.2) is 5.78 Å². The van der Waals surface area contributed by atoms with Gasteiger partial charge in [0.05, 0.1) is 11.6 Å². The SMILES string of the molecule is CC(=O)c1ccc(OCCc2ccncc2)c(Cl)c1. The van der Waals surface area contributed by atoms with Crippen molar-refractivity contribution in [1.82, 2.24) is 4.98 Å². The smallest absolute Gasteiger partial charge is 0.159 e. The van der Waals surface area contributed by atoms with Crippen molar-refractivity contribution in [2.75, 3.05) is 6.61 Å². The van der Waals surface area contributed by atoms with Crippen molar-refractivity contribution >= 4 is 17.4 Å². The van der Waals surface area contributed by atoms with E-state index in [9.17, 15) is 4.79 Å². The van der Waals surface area contributed by atoms with Gasteiger partial charge in [0.2, 0.25) is 0 Å². The summed E-state index contributed by atoms with van der Waals surface area (Å²) in [7, 11) is 0. The molecule has 98 valence electrons. The van der Waals surface area contributed by atoms with E-state index in [1.165, 1.54) is 6.92 Å². The number of halogens is 1. The second kappa shape index (κ2) is 6.34. The van der Waals surface area contributed by atoms with E-state index in [1.54, 1.807) is 30.6 Å². The van der Waals surface area contributed by atoms with Crippen LogP contribution in [0.2, 0.25) is 5.02 Å². The number of Topliss-reactive ketones (excluding diaryl/α,β-unsaturated/α-hetero) is 1. The minimum absolute atomic E-state index is 0.00904. The van der Waals surface area contributed by atoms with E-state index >= 15 is 0 Å². The fraction of sp³-hybridized carbons (Fsp3) is 0.200. The van der Waals surface area contributed by atoms with Crippen molar-refractivity contribution in [3.8, 4) is 5.75 Å². The molecule has 0 amide bonds. The molecule has 1 aromatic carbocycles. The maximum Gasteiger partial charge on any atom is 0.159 e. The standard InChI is InChI=1S/C15H14ClNO2/c1-11(18)13-2-3-15(14(16)10-13)19-9-6-12-4-7-17-8-5-12/h2-5,7-8,10H,6,9H2,1H3. The van der Waals surface area contributed by atoms with Crippen LogP contribution in [0.1, 0.15) is 22.8 Å². The van der Waals surface area contributed by atoms with E-state index in [4.69, 9.17) is 16.3 Å². The molecule has 0 aliphatic rings. The quantitative estimate of drug-likeness (QED) is 0.783. The summed E-state index contributed by atoms with van der Waals surface area (Å²) in [5.41, 5.74) is 1.75. The van der Waals surface area contributed by atoms with Crippen LogP contribution in [-0.4, -0.2) is 17.4 Å². The molecule has 1 heterocycles. The van der Waals surface area contributed by atoms with Crippen LogP contribution in [0.15, 0.2) is 42.7 Å². The first kappa shape index (κ1) is 13.6. The third kappa shape index (κ3) is 3.80. The molecule has 0 spiro atoms. The first-order valence-electron chi connectivity index (χ1n) is 5.99. The Bertz CT molecular complexity index is 570. The number of ketones is 1. The fourth-order valence-electron chi connectivity index (χ4n) is 1.67. The summed E-state index contributed by atoms with van der Waals surface area (Å²) in [4.78, 5) is 15.2. The number of ether oxygens (including phenoxy) is 1. The molecule has 0 aliphatic carbocycles. The first-order chi connectivity index (χ1) is 9.16. The Morgan fingerprint density at radius 2 is 2.00 bits per heavy atom. The van der Waals surface area contributed by atoms with Gasteiger partial charge in [-0.2, -0.15) is 0 Å². The van der Waals surface area contributed by atoms with E-state index in [0.717, 1.165) is 12.0 Å². The maximum atomic E-state index is 11.2. The first-order valence-corrected chi connectivity index (χ1v) is 6.37. The van der Waals surface area contributed by atoms with Crippen LogP contribution in [0.3, 0.4) is 0 Å². The van der Waals surface area contributed by atoms with Gasteiger partial charge < -0.3 is 4.74 Å². The van der Waals surface area contributed by atoms with Crippen LogP contribution >= 0.6 is 11.6 Å². The third-order valence-corrected chi connectivity index (χ3v) is 3.03. The van der Waals surface area contributed by atoms with E-state index < -0.39 is 0 Å². The number of hydrogen-bond donors (Lipinski definition) is 0. The number of nitrogens with zero attached hydrogens (tertiary/aromatic N) is 1.